The van der Waals surface area contributed by atoms with Crippen LogP contribution in [0.5, 0.6) is 17.2 Å². The van der Waals surface area contributed by atoms with Crippen molar-refractivity contribution in [2.75, 3.05) is 6.61 Å². The molecule has 0 unspecified atom stereocenters. The maximum absolute atomic E-state index is 12.4. The number of hydrogen-bond acceptors (Lipinski definition) is 8. The van der Waals surface area contributed by atoms with E-state index in [9.17, 15) is 19.5 Å². The van der Waals surface area contributed by atoms with Gasteiger partial charge in [0.1, 0.15) is 22.8 Å². The molecule has 3 rings (SSSR count). The molecule has 0 bridgehead atoms. The fraction of sp³-hybridized carbons (Fsp3) is 0.300. The molecule has 0 heterocycles. The molecule has 2 N–H and O–H groups in total. The predicted molar refractivity (Wildman–Crippen MR) is 148 cm³/mol. The Bertz CT molecular complexity index is 1270. The third-order valence-electron chi connectivity index (χ3n) is 5.21. The maximum atomic E-state index is 12.4. The smallest absolute Gasteiger partial charge is 0.350 e. The molecule has 3 aromatic rings. The highest BCUT2D eigenvalue weighted by Gasteiger charge is 2.32. The SMILES string of the molecule is CC(C)OC(=O)C(C)(C)Oc1ccc(C(=O)c2ccc(Cl)cc2)cc1.CCOC(=O)c1c(C)cc(O)cc1O. The van der Waals surface area contributed by atoms with Crippen LogP contribution < -0.4 is 4.74 Å². The molecule has 3 aromatic carbocycles. The fourth-order valence-electron chi connectivity index (χ4n) is 3.35. The van der Waals surface area contributed by atoms with Gasteiger partial charge >= 0.3 is 11.9 Å². The van der Waals surface area contributed by atoms with Gasteiger partial charge in [-0.25, -0.2) is 9.59 Å². The first-order valence-electron chi connectivity index (χ1n) is 12.2. The van der Waals surface area contributed by atoms with E-state index in [0.717, 1.165) is 6.07 Å². The summed E-state index contributed by atoms with van der Waals surface area (Å²) in [5, 5.41) is 19.1. The number of carbonyl (C=O) groups excluding carboxylic acids is 3. The Morgan fingerprint density at radius 2 is 1.46 bits per heavy atom. The summed E-state index contributed by atoms with van der Waals surface area (Å²) in [6.45, 7) is 10.4. The normalized spacial score (nSPS) is 10.8. The van der Waals surface area contributed by atoms with Gasteiger partial charge < -0.3 is 24.4 Å². The Morgan fingerprint density at radius 3 is 1.95 bits per heavy atom. The average Bonchev–Trinajstić information content (AvgIpc) is 2.84. The second kappa shape index (κ2) is 13.7. The molecule has 0 amide bonds. The van der Waals surface area contributed by atoms with Gasteiger partial charge in [0.15, 0.2) is 11.4 Å². The van der Waals surface area contributed by atoms with Crippen molar-refractivity contribution in [1.29, 1.82) is 0 Å². The molecule has 0 aliphatic carbocycles. The molecule has 9 heteroatoms. The summed E-state index contributed by atoms with van der Waals surface area (Å²) in [5.74, 6) is -0.986. The minimum absolute atomic E-state index is 0.0759. The van der Waals surface area contributed by atoms with Gasteiger partial charge in [-0.15, -0.1) is 0 Å². The lowest BCUT2D eigenvalue weighted by molar-refractivity contribution is -0.163. The van der Waals surface area contributed by atoms with Crippen LogP contribution in [0, 0.1) is 6.92 Å². The summed E-state index contributed by atoms with van der Waals surface area (Å²) >= 11 is 5.84. The molecule has 0 aromatic heterocycles. The highest BCUT2D eigenvalue weighted by atomic mass is 35.5. The monoisotopic (exact) mass is 556 g/mol. The van der Waals surface area contributed by atoms with Gasteiger partial charge in [0.2, 0.25) is 0 Å². The van der Waals surface area contributed by atoms with Crippen LogP contribution in [0.1, 0.15) is 66.5 Å². The van der Waals surface area contributed by atoms with Gasteiger partial charge in [-0.1, -0.05) is 11.6 Å². The summed E-state index contributed by atoms with van der Waals surface area (Å²) in [6, 6.07) is 15.9. The topological polar surface area (TPSA) is 119 Å². The Labute approximate surface area is 233 Å². The second-order valence-electron chi connectivity index (χ2n) is 9.30. The van der Waals surface area contributed by atoms with Crippen LogP contribution in [-0.2, 0) is 14.3 Å². The number of ether oxygens (including phenoxy) is 3. The van der Waals surface area contributed by atoms with E-state index in [2.05, 4.69) is 0 Å². The van der Waals surface area contributed by atoms with Crippen molar-refractivity contribution in [3.8, 4) is 17.2 Å². The van der Waals surface area contributed by atoms with Gasteiger partial charge in [0, 0.05) is 22.2 Å². The third kappa shape index (κ3) is 9.04. The van der Waals surface area contributed by atoms with Crippen LogP contribution in [0.2, 0.25) is 5.02 Å². The number of halogens is 1. The van der Waals surface area contributed by atoms with Crippen molar-refractivity contribution in [2.45, 2.75) is 53.2 Å². The summed E-state index contributed by atoms with van der Waals surface area (Å²) in [7, 11) is 0. The quantitative estimate of drug-likeness (QED) is 0.246. The largest absolute Gasteiger partial charge is 0.508 e. The molecular weight excluding hydrogens is 524 g/mol. The van der Waals surface area contributed by atoms with E-state index < -0.39 is 17.5 Å². The van der Waals surface area contributed by atoms with E-state index in [1.165, 1.54) is 6.07 Å². The van der Waals surface area contributed by atoms with E-state index in [1.807, 2.05) is 0 Å². The number of esters is 2. The molecule has 39 heavy (non-hydrogen) atoms. The fourth-order valence-corrected chi connectivity index (χ4v) is 3.48. The van der Waals surface area contributed by atoms with Crippen LogP contribution >= 0.6 is 11.6 Å². The molecule has 8 nitrogen and oxygen atoms in total. The highest BCUT2D eigenvalue weighted by Crippen LogP contribution is 2.27. The summed E-state index contributed by atoms with van der Waals surface area (Å²) in [5.41, 5.74) is 0.549. The first-order valence-corrected chi connectivity index (χ1v) is 12.6. The zero-order valence-corrected chi connectivity index (χ0v) is 23.5. The van der Waals surface area contributed by atoms with Crippen molar-refractivity contribution in [3.63, 3.8) is 0 Å². The number of ketones is 1. The van der Waals surface area contributed by atoms with Crippen LogP contribution in [0.4, 0.5) is 0 Å². The zero-order valence-electron chi connectivity index (χ0n) is 22.8. The van der Waals surface area contributed by atoms with Crippen LogP contribution in [0.25, 0.3) is 0 Å². The van der Waals surface area contributed by atoms with Gasteiger partial charge in [0.05, 0.1) is 12.7 Å². The van der Waals surface area contributed by atoms with Gasteiger partial charge in [0.25, 0.3) is 0 Å². The van der Waals surface area contributed by atoms with Crippen molar-refractivity contribution in [2.24, 2.45) is 0 Å². The van der Waals surface area contributed by atoms with E-state index in [0.29, 0.717) is 27.5 Å². The number of benzene rings is 3. The van der Waals surface area contributed by atoms with Gasteiger partial charge in [-0.2, -0.15) is 0 Å². The minimum Gasteiger partial charge on any atom is -0.508 e. The minimum atomic E-state index is -1.12. The third-order valence-corrected chi connectivity index (χ3v) is 5.46. The summed E-state index contributed by atoms with van der Waals surface area (Å²) in [4.78, 5) is 35.8. The molecule has 0 fully saturated rings. The highest BCUT2D eigenvalue weighted by molar-refractivity contribution is 6.30. The van der Waals surface area contributed by atoms with Crippen molar-refractivity contribution >= 4 is 29.3 Å². The standard InChI is InChI=1S/C20H21ClO4.C10H12O4/c1-13(2)24-19(23)20(3,4)25-17-11-7-15(8-12-17)18(22)14-5-9-16(21)10-6-14;1-3-14-10(13)9-6(2)4-7(11)5-8(9)12/h5-13H,1-4H3;4-5,11-12H,3H2,1-2H3. The molecule has 0 radical (unpaired) electrons. The van der Waals surface area contributed by atoms with Crippen LogP contribution in [0.3, 0.4) is 0 Å². The Balaban J connectivity index is 0.000000322. The molecule has 0 aliphatic rings. The number of phenols is 2. The van der Waals surface area contributed by atoms with Crippen molar-refractivity contribution in [1.82, 2.24) is 0 Å². The Morgan fingerprint density at radius 1 is 0.923 bits per heavy atom. The number of hydrogen-bond donors (Lipinski definition) is 2. The number of aromatic hydroxyl groups is 2. The van der Waals surface area contributed by atoms with E-state index in [-0.39, 0.29) is 35.6 Å². The number of carbonyl (C=O) groups is 3. The van der Waals surface area contributed by atoms with Crippen molar-refractivity contribution in [3.05, 3.63) is 87.9 Å². The second-order valence-corrected chi connectivity index (χ2v) is 9.74. The van der Waals surface area contributed by atoms with Gasteiger partial charge in [-0.3, -0.25) is 4.79 Å². The number of aryl methyl sites for hydroxylation is 1. The first-order chi connectivity index (χ1) is 18.2. The Hall–Kier alpha value is -4.04. The lowest BCUT2D eigenvalue weighted by Crippen LogP contribution is -2.40. The van der Waals surface area contributed by atoms with Crippen LogP contribution in [-0.4, -0.2) is 46.2 Å². The summed E-state index contributed by atoms with van der Waals surface area (Å²) in [6.07, 6.45) is -0.213. The molecule has 0 aliphatic heterocycles. The zero-order chi connectivity index (χ0) is 29.3. The predicted octanol–water partition coefficient (Wildman–Crippen LogP) is 6.26. The van der Waals surface area contributed by atoms with Crippen molar-refractivity contribution < 1.29 is 38.8 Å². The van der Waals surface area contributed by atoms with Gasteiger partial charge in [-0.05, 0) is 102 Å². The van der Waals surface area contributed by atoms with E-state index in [1.54, 1.807) is 90.1 Å². The lowest BCUT2D eigenvalue weighted by atomic mass is 10.0. The van der Waals surface area contributed by atoms with E-state index >= 15 is 0 Å². The number of phenolic OH excluding ortho intramolecular Hbond substituents is 2. The molecule has 208 valence electrons. The molecule has 0 atom stereocenters. The van der Waals surface area contributed by atoms with Crippen LogP contribution in [0.15, 0.2) is 60.7 Å². The molecular formula is C30H33ClO8. The lowest BCUT2D eigenvalue weighted by Gasteiger charge is -2.25. The van der Waals surface area contributed by atoms with E-state index in [4.69, 9.17) is 30.9 Å². The average molecular weight is 557 g/mol. The number of rotatable bonds is 8. The molecule has 0 spiro atoms. The first kappa shape index (κ1) is 31.2. The molecule has 0 saturated carbocycles. The molecule has 0 saturated heterocycles. The Kier molecular flexibility index (Phi) is 10.9. The maximum Gasteiger partial charge on any atom is 0.350 e. The summed E-state index contributed by atoms with van der Waals surface area (Å²) < 4.78 is 15.7.